The molecule has 9 bridgehead atoms. The number of carbonyl (C=O) groups excluding carboxylic acids is 3. The van der Waals surface area contributed by atoms with E-state index in [2.05, 4.69) is 0 Å². The Morgan fingerprint density at radius 1 is 0.797 bits per heavy atom. The number of carbonyl (C=O) groups is 3. The third-order valence-electron chi connectivity index (χ3n) is 14.5. The molecule has 1 unspecified atom stereocenters. The maximum absolute atomic E-state index is 14.8. The van der Waals surface area contributed by atoms with Crippen molar-refractivity contribution in [2.45, 2.75) is 212 Å². The van der Waals surface area contributed by atoms with Crippen molar-refractivity contribution in [2.24, 2.45) is 22.7 Å². The normalized spacial score (nSPS) is 47.2. The Kier molecular flexibility index (Phi) is 14.3. The maximum Gasteiger partial charge on any atom is 1.00 e. The molecular formula is C42H66BNaO15. The van der Waals surface area contributed by atoms with Gasteiger partial charge in [-0.3, -0.25) is 4.79 Å². The van der Waals surface area contributed by atoms with Gasteiger partial charge in [-0.2, -0.15) is 0 Å². The summed E-state index contributed by atoms with van der Waals surface area (Å²) in [7, 11) is 0. The second-order valence-corrected chi connectivity index (χ2v) is 19.3. The number of ether oxygens (including phenoxy) is 6. The number of esters is 3. The van der Waals surface area contributed by atoms with Crippen molar-refractivity contribution in [2.75, 3.05) is 0 Å². The zero-order chi connectivity index (χ0) is 42.0. The van der Waals surface area contributed by atoms with E-state index >= 15 is 0 Å². The van der Waals surface area contributed by atoms with E-state index in [4.69, 9.17) is 47.0 Å². The first kappa shape index (κ1) is 47.3. The van der Waals surface area contributed by atoms with Crippen LogP contribution in [-0.4, -0.2) is 114 Å². The molecule has 7 aliphatic heterocycles. The van der Waals surface area contributed by atoms with Crippen LogP contribution in [0.1, 0.15) is 133 Å². The predicted molar refractivity (Wildman–Crippen MR) is 206 cm³/mol. The molecule has 7 heterocycles. The zero-order valence-corrected chi connectivity index (χ0v) is 38.7. The van der Waals surface area contributed by atoms with Crippen molar-refractivity contribution in [1.82, 2.24) is 0 Å². The minimum Gasteiger partial charge on any atom is -0.504 e. The van der Waals surface area contributed by atoms with Crippen LogP contribution >= 0.6 is 0 Å². The Morgan fingerprint density at radius 2 is 1.34 bits per heavy atom. The Balaban J connectivity index is 0.00000585. The molecule has 7 rings (SSSR count). The summed E-state index contributed by atoms with van der Waals surface area (Å²) in [4.78, 5) is 41.6. The van der Waals surface area contributed by atoms with Crippen LogP contribution in [0.3, 0.4) is 0 Å². The molecule has 7 aliphatic rings. The second kappa shape index (κ2) is 17.8. The molecule has 16 atom stereocenters. The first-order valence-electron chi connectivity index (χ1n) is 21.7. The van der Waals surface area contributed by atoms with Crippen molar-refractivity contribution in [3.8, 4) is 0 Å². The Bertz CT molecular complexity index is 1580. The quantitative estimate of drug-likeness (QED) is 0.178. The van der Waals surface area contributed by atoms with Crippen molar-refractivity contribution in [1.29, 1.82) is 0 Å². The van der Waals surface area contributed by atoms with Gasteiger partial charge in [0.05, 0.1) is 36.6 Å². The zero-order valence-electron chi connectivity index (χ0n) is 36.7. The molecule has 0 aromatic carbocycles. The van der Waals surface area contributed by atoms with Crippen molar-refractivity contribution in [3.05, 3.63) is 12.2 Å². The van der Waals surface area contributed by atoms with Gasteiger partial charge in [0.1, 0.15) is 18.3 Å². The number of hydrogen-bond acceptors (Lipinski definition) is 15. The van der Waals surface area contributed by atoms with Gasteiger partial charge in [0.2, 0.25) is 0 Å². The van der Waals surface area contributed by atoms with Crippen LogP contribution in [0.2, 0.25) is 0 Å². The van der Waals surface area contributed by atoms with E-state index in [-0.39, 0.29) is 42.1 Å². The molecule has 0 aromatic rings. The average Bonchev–Trinajstić information content (AvgIpc) is 3.78. The maximum atomic E-state index is 14.8. The molecule has 0 radical (unpaired) electrons. The van der Waals surface area contributed by atoms with Gasteiger partial charge in [0, 0.05) is 42.4 Å². The number of fused-ring (bicyclic) bond motifs is 6. The van der Waals surface area contributed by atoms with Gasteiger partial charge in [-0.05, 0) is 71.6 Å². The van der Waals surface area contributed by atoms with E-state index in [1.807, 2.05) is 60.6 Å². The van der Waals surface area contributed by atoms with Gasteiger partial charge in [-0.15, -0.1) is 0 Å². The Hall–Kier alpha value is -1.15. The summed E-state index contributed by atoms with van der Waals surface area (Å²) in [5, 5.41) is 23.4. The van der Waals surface area contributed by atoms with Crippen LogP contribution in [0.5, 0.6) is 0 Å². The number of hydrogen-bond donors (Lipinski definition) is 2. The third-order valence-corrected chi connectivity index (χ3v) is 14.5. The van der Waals surface area contributed by atoms with Gasteiger partial charge in [-0.1, -0.05) is 53.7 Å². The molecule has 0 aliphatic carbocycles. The molecule has 15 nitrogen and oxygen atoms in total. The van der Waals surface area contributed by atoms with Crippen LogP contribution in [0.25, 0.3) is 0 Å². The number of rotatable bonds is 2. The molecule has 17 heteroatoms. The molecule has 328 valence electrons. The minimum atomic E-state index is -3.49. The second-order valence-electron chi connectivity index (χ2n) is 19.3. The fourth-order valence-corrected chi connectivity index (χ4v) is 10.3. The third kappa shape index (κ3) is 8.87. The number of aliphatic hydroxyl groups excluding tert-OH is 2. The van der Waals surface area contributed by atoms with E-state index in [0.29, 0.717) is 64.2 Å². The number of cyclic esters (lactones) is 1. The molecule has 3 spiro atoms. The summed E-state index contributed by atoms with van der Waals surface area (Å²) in [6.45, 7) is 12.8. The van der Waals surface area contributed by atoms with Crippen LogP contribution in [0.4, 0.5) is 0 Å². The molecule has 0 aromatic heterocycles. The molecule has 0 amide bonds. The number of aliphatic hydroxyl groups is 2. The monoisotopic (exact) mass is 844 g/mol. The standard InChI is InChI=1S/C42H66BO15.Na/c1-23-19-21-34-40(8,9)32(46)17-13-14-28-22-30(26(4)50-28)52-38(48)36-42-24(2)18-20-33(53-42)39(6,7)31(45)16-12-10-11-15-29(25(3)49-27(5)44)51-37(47)35-41(23,54-34)57-43(55-35,56-36)58-42;/h10-11,23-26,28-36,45-46H,12-22H2,1-9H3;/q-1;+1/b11-10-;/t23-,24-,25-,26-,28-,29+,30+,31+,32-,33+,34+,35+,36+,41+,42+,43?;/m1./s1. The fourth-order valence-electron chi connectivity index (χ4n) is 10.3. The first-order chi connectivity index (χ1) is 27.2. The summed E-state index contributed by atoms with van der Waals surface area (Å²) in [5.74, 6) is -6.88. The molecule has 59 heavy (non-hydrogen) atoms. The van der Waals surface area contributed by atoms with E-state index in [9.17, 15) is 24.6 Å². The van der Waals surface area contributed by atoms with Crippen molar-refractivity contribution in [3.63, 3.8) is 0 Å². The summed E-state index contributed by atoms with van der Waals surface area (Å²) in [5.41, 5.74) is -1.64. The molecule has 0 saturated carbocycles. The van der Waals surface area contributed by atoms with Gasteiger partial charge in [-0.25, -0.2) is 9.59 Å². The minimum absolute atomic E-state index is 0. The summed E-state index contributed by atoms with van der Waals surface area (Å²) in [6.07, 6.45) is 0.165. The predicted octanol–water partition coefficient (Wildman–Crippen LogP) is 1.93. The van der Waals surface area contributed by atoms with Gasteiger partial charge in [0.15, 0.2) is 23.8 Å². The van der Waals surface area contributed by atoms with Crippen LogP contribution < -0.4 is 29.6 Å². The molecule has 6 saturated heterocycles. The Labute approximate surface area is 370 Å². The number of allylic oxidation sites excluding steroid dienone is 1. The Morgan fingerprint density at radius 3 is 1.90 bits per heavy atom. The van der Waals surface area contributed by atoms with Crippen LogP contribution in [0, 0.1) is 22.7 Å². The van der Waals surface area contributed by atoms with E-state index < -0.39 is 120 Å². The van der Waals surface area contributed by atoms with Gasteiger partial charge >= 0.3 is 54.4 Å². The fraction of sp³-hybridized carbons (Fsp3) is 0.881. The van der Waals surface area contributed by atoms with Gasteiger partial charge in [0.25, 0.3) is 0 Å². The van der Waals surface area contributed by atoms with E-state index in [1.165, 1.54) is 6.92 Å². The van der Waals surface area contributed by atoms with Crippen LogP contribution in [0.15, 0.2) is 12.2 Å². The van der Waals surface area contributed by atoms with Crippen LogP contribution in [-0.2, 0) is 61.4 Å². The smallest absolute Gasteiger partial charge is 0.504 e. The topological polar surface area (TPSA) is 184 Å². The van der Waals surface area contributed by atoms with E-state index in [1.54, 1.807) is 6.92 Å². The molecular weight excluding hydrogens is 778 g/mol. The van der Waals surface area contributed by atoms with E-state index in [0.717, 1.165) is 0 Å². The average molecular weight is 845 g/mol. The summed E-state index contributed by atoms with van der Waals surface area (Å²) in [6, 6.07) is 0. The first-order valence-corrected chi connectivity index (χ1v) is 21.7. The SMILES string of the molecule is CC(=O)O[C@H](C)[C@@H]1C/C=C\CC[C@H](O)C(C)(C)[C@@H]2CC[C@@H](C)[C@]3(O2)O[B-]24O[C@@H](C(=O)O1)[C@@]1(O[C@@H](CC[C@H]1C)C(C)(C)[C@H](O)CCC[C@@H]1C[C@H](OC(=O)[C@@H]3O2)[C@@H](C)O1)O4.[Na+]. The van der Waals surface area contributed by atoms with Crippen molar-refractivity contribution >= 4 is 24.9 Å². The molecule has 2 N–H and O–H groups in total. The summed E-state index contributed by atoms with van der Waals surface area (Å²) < 4.78 is 65.3. The summed E-state index contributed by atoms with van der Waals surface area (Å²) >= 11 is 0. The van der Waals surface area contributed by atoms with Crippen molar-refractivity contribution < 1.29 is 101 Å². The molecule has 6 fully saturated rings. The van der Waals surface area contributed by atoms with Gasteiger partial charge < -0.3 is 57.3 Å². The largest absolute Gasteiger partial charge is 1.00 e.